The number of anilines is 1. The maximum Gasteiger partial charge on any atom is 0.337 e. The van der Waals surface area contributed by atoms with Gasteiger partial charge in [-0.15, -0.1) is 0 Å². The molecule has 2 aliphatic rings. The average Bonchev–Trinajstić information content (AvgIpc) is 2.92. The summed E-state index contributed by atoms with van der Waals surface area (Å²) in [4.78, 5) is 50.0. The van der Waals surface area contributed by atoms with Crippen LogP contribution < -0.4 is 10.6 Å². The molecule has 1 atom stereocenters. The molecule has 1 aliphatic carbocycles. The number of amides is 4. The molecule has 8 heteroatoms. The van der Waals surface area contributed by atoms with Crippen LogP contribution in [0.3, 0.4) is 0 Å². The van der Waals surface area contributed by atoms with E-state index in [1.807, 2.05) is 0 Å². The number of esters is 1. The van der Waals surface area contributed by atoms with Crippen molar-refractivity contribution in [2.45, 2.75) is 44.6 Å². The fraction of sp³-hybridized carbons (Fsp3) is 0.500. The summed E-state index contributed by atoms with van der Waals surface area (Å²) in [5, 5.41) is 5.44. The molecular formula is C20H25N3O5. The smallest absolute Gasteiger partial charge is 0.337 e. The van der Waals surface area contributed by atoms with Crippen molar-refractivity contribution in [2.75, 3.05) is 19.0 Å². The highest BCUT2D eigenvalue weighted by Gasteiger charge is 2.52. The Morgan fingerprint density at radius 3 is 2.43 bits per heavy atom. The molecule has 8 nitrogen and oxygen atoms in total. The van der Waals surface area contributed by atoms with Gasteiger partial charge in [0.25, 0.3) is 5.91 Å². The van der Waals surface area contributed by atoms with Crippen molar-refractivity contribution in [3.63, 3.8) is 0 Å². The molecule has 1 aromatic rings. The first kappa shape index (κ1) is 19.9. The van der Waals surface area contributed by atoms with Crippen LogP contribution in [0.1, 0.15) is 49.4 Å². The summed E-state index contributed by atoms with van der Waals surface area (Å²) in [6, 6.07) is 5.63. The Kier molecular flexibility index (Phi) is 5.67. The fourth-order valence-electron chi connectivity index (χ4n) is 3.97. The number of ether oxygens (including phenoxy) is 1. The molecule has 1 saturated heterocycles. The van der Waals surface area contributed by atoms with Crippen molar-refractivity contribution < 1.29 is 23.9 Å². The summed E-state index contributed by atoms with van der Waals surface area (Å²) < 4.78 is 4.62. The maximum atomic E-state index is 12.9. The van der Waals surface area contributed by atoms with Crippen LogP contribution in [0, 0.1) is 5.92 Å². The Hall–Kier alpha value is -2.90. The number of benzene rings is 1. The average molecular weight is 387 g/mol. The Morgan fingerprint density at radius 1 is 1.18 bits per heavy atom. The van der Waals surface area contributed by atoms with Crippen LogP contribution in [0.5, 0.6) is 0 Å². The Morgan fingerprint density at radius 2 is 1.82 bits per heavy atom. The van der Waals surface area contributed by atoms with Crippen LogP contribution in [-0.2, 0) is 14.3 Å². The largest absolute Gasteiger partial charge is 0.465 e. The van der Waals surface area contributed by atoms with Crippen LogP contribution in [0.15, 0.2) is 24.3 Å². The summed E-state index contributed by atoms with van der Waals surface area (Å²) in [7, 11) is 1.29. The molecule has 0 spiro atoms. The number of carbonyl (C=O) groups is 4. The third-order valence-electron chi connectivity index (χ3n) is 5.61. The Balaban J connectivity index is 1.62. The van der Waals surface area contributed by atoms with Gasteiger partial charge in [0, 0.05) is 5.69 Å². The SMILES string of the molecule is COC(=O)c1ccc(NC(=O)CN2C(=O)N[C@](C)(C3CCCCC3)C2=O)cc1. The van der Waals surface area contributed by atoms with E-state index in [0.717, 1.165) is 37.0 Å². The number of hydrogen-bond acceptors (Lipinski definition) is 5. The highest BCUT2D eigenvalue weighted by atomic mass is 16.5. The summed E-state index contributed by atoms with van der Waals surface area (Å²) in [6.07, 6.45) is 5.04. The number of nitrogens with zero attached hydrogens (tertiary/aromatic N) is 1. The second-order valence-corrected chi connectivity index (χ2v) is 7.48. The molecule has 28 heavy (non-hydrogen) atoms. The second kappa shape index (κ2) is 8.00. The van der Waals surface area contributed by atoms with E-state index in [9.17, 15) is 19.2 Å². The first-order chi connectivity index (χ1) is 13.3. The van der Waals surface area contributed by atoms with Crippen molar-refractivity contribution in [3.8, 4) is 0 Å². The molecule has 2 fully saturated rings. The standard InChI is InChI=1S/C20H25N3O5/c1-20(14-6-4-3-5-7-14)18(26)23(19(27)22-20)12-16(24)21-15-10-8-13(9-11-15)17(25)28-2/h8-11,14H,3-7,12H2,1-2H3,(H,21,24)(H,22,27)/t20-/m1/s1. The van der Waals surface area contributed by atoms with Crippen LogP contribution >= 0.6 is 0 Å². The number of carbonyl (C=O) groups excluding carboxylic acids is 4. The van der Waals surface area contributed by atoms with E-state index < -0.39 is 23.4 Å². The van der Waals surface area contributed by atoms with E-state index in [0.29, 0.717) is 11.3 Å². The number of nitrogens with one attached hydrogen (secondary N) is 2. The minimum absolute atomic E-state index is 0.0941. The molecule has 1 saturated carbocycles. The lowest BCUT2D eigenvalue weighted by Gasteiger charge is -2.34. The molecule has 3 rings (SSSR count). The fourth-order valence-corrected chi connectivity index (χ4v) is 3.97. The van der Waals surface area contributed by atoms with Crippen molar-refractivity contribution in [3.05, 3.63) is 29.8 Å². The normalized spacial score (nSPS) is 22.7. The van der Waals surface area contributed by atoms with Crippen molar-refractivity contribution in [1.29, 1.82) is 0 Å². The van der Waals surface area contributed by atoms with Gasteiger partial charge in [-0.3, -0.25) is 14.5 Å². The summed E-state index contributed by atoms with van der Waals surface area (Å²) in [5.74, 6) is -1.21. The van der Waals surface area contributed by atoms with Gasteiger partial charge in [-0.05, 0) is 49.9 Å². The first-order valence-electron chi connectivity index (χ1n) is 9.47. The lowest BCUT2D eigenvalue weighted by Crippen LogP contribution is -2.51. The molecule has 1 heterocycles. The zero-order valence-electron chi connectivity index (χ0n) is 16.1. The van der Waals surface area contributed by atoms with E-state index in [4.69, 9.17) is 0 Å². The molecule has 0 bridgehead atoms. The molecule has 0 radical (unpaired) electrons. The van der Waals surface area contributed by atoms with Crippen molar-refractivity contribution in [1.82, 2.24) is 10.2 Å². The van der Waals surface area contributed by atoms with E-state index in [1.54, 1.807) is 19.1 Å². The lowest BCUT2D eigenvalue weighted by atomic mass is 9.75. The number of methoxy groups -OCH3 is 1. The second-order valence-electron chi connectivity index (χ2n) is 7.48. The monoisotopic (exact) mass is 387 g/mol. The highest BCUT2D eigenvalue weighted by molar-refractivity contribution is 6.10. The number of rotatable bonds is 5. The zero-order chi connectivity index (χ0) is 20.3. The predicted molar refractivity (Wildman–Crippen MR) is 102 cm³/mol. The van der Waals surface area contributed by atoms with E-state index in [2.05, 4.69) is 15.4 Å². The molecule has 150 valence electrons. The van der Waals surface area contributed by atoms with Gasteiger partial charge in [0.1, 0.15) is 12.1 Å². The van der Waals surface area contributed by atoms with Crippen molar-refractivity contribution >= 4 is 29.5 Å². The van der Waals surface area contributed by atoms with Gasteiger partial charge in [0.05, 0.1) is 12.7 Å². The van der Waals surface area contributed by atoms with Gasteiger partial charge in [0.2, 0.25) is 5.91 Å². The minimum Gasteiger partial charge on any atom is -0.465 e. The number of urea groups is 1. The van der Waals surface area contributed by atoms with Crippen LogP contribution in [0.4, 0.5) is 10.5 Å². The summed E-state index contributed by atoms with van der Waals surface area (Å²) >= 11 is 0. The van der Waals surface area contributed by atoms with Gasteiger partial charge in [-0.2, -0.15) is 0 Å². The molecule has 1 aromatic carbocycles. The minimum atomic E-state index is -0.944. The summed E-state index contributed by atoms with van der Waals surface area (Å²) in [5.41, 5.74) is -0.127. The van der Waals surface area contributed by atoms with Crippen LogP contribution in [0.25, 0.3) is 0 Å². The maximum absolute atomic E-state index is 12.9. The Bertz CT molecular complexity index is 786. The zero-order valence-corrected chi connectivity index (χ0v) is 16.1. The quantitative estimate of drug-likeness (QED) is 0.596. The molecule has 4 amide bonds. The molecule has 1 aliphatic heterocycles. The third kappa shape index (κ3) is 3.85. The van der Waals surface area contributed by atoms with Crippen LogP contribution in [0.2, 0.25) is 0 Å². The predicted octanol–water partition coefficient (Wildman–Crippen LogP) is 2.30. The molecular weight excluding hydrogens is 362 g/mol. The highest BCUT2D eigenvalue weighted by Crippen LogP contribution is 2.36. The van der Waals surface area contributed by atoms with E-state index in [-0.39, 0.29) is 18.4 Å². The van der Waals surface area contributed by atoms with Crippen LogP contribution in [-0.4, -0.2) is 47.9 Å². The summed E-state index contributed by atoms with van der Waals surface area (Å²) in [6.45, 7) is 1.40. The van der Waals surface area contributed by atoms with E-state index in [1.165, 1.54) is 19.2 Å². The first-order valence-corrected chi connectivity index (χ1v) is 9.47. The number of imide groups is 1. The van der Waals surface area contributed by atoms with Gasteiger partial charge in [-0.25, -0.2) is 9.59 Å². The molecule has 2 N–H and O–H groups in total. The van der Waals surface area contributed by atoms with Gasteiger partial charge >= 0.3 is 12.0 Å². The third-order valence-corrected chi connectivity index (χ3v) is 5.61. The van der Waals surface area contributed by atoms with Gasteiger partial charge in [-0.1, -0.05) is 19.3 Å². The van der Waals surface area contributed by atoms with Gasteiger partial charge in [0.15, 0.2) is 0 Å². The Labute approximate surface area is 163 Å². The van der Waals surface area contributed by atoms with Gasteiger partial charge < -0.3 is 15.4 Å². The molecule has 0 unspecified atom stereocenters. The topological polar surface area (TPSA) is 105 Å². The number of hydrogen-bond donors (Lipinski definition) is 2. The van der Waals surface area contributed by atoms with E-state index >= 15 is 0 Å². The molecule has 0 aromatic heterocycles. The van der Waals surface area contributed by atoms with Crippen molar-refractivity contribution in [2.24, 2.45) is 5.92 Å². The lowest BCUT2D eigenvalue weighted by molar-refractivity contribution is -0.135.